The van der Waals surface area contributed by atoms with Crippen LogP contribution in [0.5, 0.6) is 0 Å². The molecule has 11 nitrogen and oxygen atoms in total. The average Bonchev–Trinajstić information content (AvgIpc) is 2.77. The molecule has 0 spiro atoms. The summed E-state index contributed by atoms with van der Waals surface area (Å²) in [6.07, 6.45) is -6.40. The van der Waals surface area contributed by atoms with Crippen LogP contribution in [0.3, 0.4) is 0 Å². The Labute approximate surface area is 161 Å². The summed E-state index contributed by atoms with van der Waals surface area (Å²) in [6, 6.07) is 0. The molecule has 0 aliphatic carbocycles. The van der Waals surface area contributed by atoms with Gasteiger partial charge in [0.05, 0.1) is 0 Å². The van der Waals surface area contributed by atoms with Gasteiger partial charge in [-0.05, 0) is 6.92 Å². The molecule has 6 atom stereocenters. The maximum Gasteiger partial charge on any atom is 0.304 e. The van der Waals surface area contributed by atoms with Crippen molar-refractivity contribution in [2.75, 3.05) is 0 Å². The first kappa shape index (κ1) is 21.6. The fourth-order valence-corrected chi connectivity index (χ4v) is 3.67. The molecule has 0 saturated carbocycles. The second kappa shape index (κ2) is 7.74. The van der Waals surface area contributed by atoms with Crippen LogP contribution >= 0.6 is 0 Å². The SMILES string of the molecule is CC(=O)O[C@@H]1[C@H]2O[C@@](C)([C@@H](OC(C)=O)[C@H]1OC(C)=O)N(C(C)=O)[C@@H]2OC(C)=O. The lowest BCUT2D eigenvalue weighted by atomic mass is 9.93. The molecule has 11 heteroatoms. The van der Waals surface area contributed by atoms with Crippen LogP contribution in [-0.4, -0.2) is 71.1 Å². The number of rotatable bonds is 4. The van der Waals surface area contributed by atoms with E-state index in [1.165, 1.54) is 13.8 Å². The highest BCUT2D eigenvalue weighted by Gasteiger charge is 2.70. The number of hydrogen-bond acceptors (Lipinski definition) is 10. The minimum atomic E-state index is -1.64. The normalized spacial score (nSPS) is 33.6. The lowest BCUT2D eigenvalue weighted by molar-refractivity contribution is -0.269. The minimum Gasteiger partial charge on any atom is -0.455 e. The fourth-order valence-electron chi connectivity index (χ4n) is 3.67. The summed E-state index contributed by atoms with van der Waals surface area (Å²) < 4.78 is 27.0. The molecule has 0 N–H and O–H groups in total. The summed E-state index contributed by atoms with van der Waals surface area (Å²) in [5.41, 5.74) is -1.64. The highest BCUT2D eigenvalue weighted by molar-refractivity contribution is 5.76. The molecule has 0 aromatic carbocycles. The number of carbonyl (C=O) groups excluding carboxylic acids is 5. The van der Waals surface area contributed by atoms with E-state index in [1.54, 1.807) is 0 Å². The Morgan fingerprint density at radius 3 is 1.64 bits per heavy atom. The molecule has 156 valence electrons. The van der Waals surface area contributed by atoms with Crippen molar-refractivity contribution >= 4 is 29.8 Å². The van der Waals surface area contributed by atoms with Gasteiger partial charge in [-0.1, -0.05) is 0 Å². The van der Waals surface area contributed by atoms with E-state index in [0.717, 1.165) is 32.6 Å². The van der Waals surface area contributed by atoms with Gasteiger partial charge in [-0.2, -0.15) is 0 Å². The van der Waals surface area contributed by atoms with Crippen molar-refractivity contribution in [2.45, 2.75) is 77.9 Å². The van der Waals surface area contributed by atoms with Gasteiger partial charge in [0.25, 0.3) is 0 Å². The number of hydrogen-bond donors (Lipinski definition) is 0. The number of esters is 4. The Bertz CT molecular complexity index is 706. The van der Waals surface area contributed by atoms with E-state index in [1.807, 2.05) is 0 Å². The van der Waals surface area contributed by atoms with Crippen molar-refractivity contribution < 1.29 is 47.7 Å². The zero-order chi connectivity index (χ0) is 21.4. The van der Waals surface area contributed by atoms with Gasteiger partial charge < -0.3 is 23.7 Å². The summed E-state index contributed by atoms with van der Waals surface area (Å²) >= 11 is 0. The molecule has 2 saturated heterocycles. The van der Waals surface area contributed by atoms with E-state index in [-0.39, 0.29) is 0 Å². The van der Waals surface area contributed by atoms with Crippen LogP contribution < -0.4 is 0 Å². The first-order chi connectivity index (χ1) is 12.9. The highest BCUT2D eigenvalue weighted by Crippen LogP contribution is 2.46. The Balaban J connectivity index is 2.64. The van der Waals surface area contributed by atoms with Crippen LogP contribution in [0.15, 0.2) is 0 Å². The Kier molecular flexibility index (Phi) is 5.97. The lowest BCUT2D eigenvalue weighted by Gasteiger charge is -2.45. The summed E-state index contributed by atoms with van der Waals surface area (Å²) in [6.45, 7) is 7.14. The van der Waals surface area contributed by atoms with Gasteiger partial charge in [0.1, 0.15) is 0 Å². The van der Waals surface area contributed by atoms with Crippen LogP contribution in [0.25, 0.3) is 0 Å². The number of carbonyl (C=O) groups is 5. The number of ether oxygens (including phenoxy) is 5. The average molecular weight is 401 g/mol. The third-order valence-electron chi connectivity index (χ3n) is 4.39. The van der Waals surface area contributed by atoms with E-state index in [4.69, 9.17) is 23.7 Å². The molecule has 2 aliphatic heterocycles. The highest BCUT2D eigenvalue weighted by atomic mass is 16.7. The van der Waals surface area contributed by atoms with Gasteiger partial charge in [-0.3, -0.25) is 28.9 Å². The van der Waals surface area contributed by atoms with Gasteiger partial charge in [0.15, 0.2) is 30.1 Å². The quantitative estimate of drug-likeness (QED) is 0.454. The number of nitrogens with zero attached hydrogens (tertiary/aromatic N) is 1. The maximum absolute atomic E-state index is 12.4. The number of amides is 1. The molecular formula is C17H23NO10. The predicted octanol–water partition coefficient (Wildman–Crippen LogP) is -0.352. The van der Waals surface area contributed by atoms with Gasteiger partial charge in [0, 0.05) is 34.6 Å². The first-order valence-electron chi connectivity index (χ1n) is 8.55. The molecule has 2 rings (SSSR count). The zero-order valence-corrected chi connectivity index (χ0v) is 16.4. The van der Waals surface area contributed by atoms with Crippen LogP contribution in [0.1, 0.15) is 41.5 Å². The van der Waals surface area contributed by atoms with Gasteiger partial charge in [-0.15, -0.1) is 0 Å². The van der Waals surface area contributed by atoms with E-state index < -0.39 is 66.2 Å². The molecule has 0 unspecified atom stereocenters. The van der Waals surface area contributed by atoms with Crippen molar-refractivity contribution in [1.82, 2.24) is 4.90 Å². The lowest BCUT2D eigenvalue weighted by Crippen LogP contribution is -2.65. The molecule has 2 aliphatic rings. The predicted molar refractivity (Wildman–Crippen MR) is 88.0 cm³/mol. The third-order valence-corrected chi connectivity index (χ3v) is 4.39. The van der Waals surface area contributed by atoms with Gasteiger partial charge in [-0.25, -0.2) is 0 Å². The van der Waals surface area contributed by atoms with E-state index in [2.05, 4.69) is 0 Å². The summed E-state index contributed by atoms with van der Waals surface area (Å²) in [5, 5.41) is 0. The first-order valence-corrected chi connectivity index (χ1v) is 8.55. The Hall–Kier alpha value is -2.69. The molecule has 2 fully saturated rings. The topological polar surface area (TPSA) is 135 Å². The van der Waals surface area contributed by atoms with Crippen molar-refractivity contribution in [3.05, 3.63) is 0 Å². The summed E-state index contributed by atoms with van der Waals surface area (Å²) in [7, 11) is 0. The van der Waals surface area contributed by atoms with Crippen molar-refractivity contribution in [1.29, 1.82) is 0 Å². The zero-order valence-electron chi connectivity index (χ0n) is 16.4. The van der Waals surface area contributed by atoms with Crippen LogP contribution in [0.2, 0.25) is 0 Å². The Morgan fingerprint density at radius 2 is 1.21 bits per heavy atom. The second-order valence-corrected chi connectivity index (χ2v) is 6.70. The largest absolute Gasteiger partial charge is 0.455 e. The Morgan fingerprint density at radius 1 is 0.750 bits per heavy atom. The summed E-state index contributed by atoms with van der Waals surface area (Å²) in [4.78, 5) is 60.1. The van der Waals surface area contributed by atoms with E-state index in [0.29, 0.717) is 0 Å². The van der Waals surface area contributed by atoms with Crippen LogP contribution in [0.4, 0.5) is 0 Å². The molecule has 0 radical (unpaired) electrons. The maximum atomic E-state index is 12.4. The number of fused-ring (bicyclic) bond motifs is 2. The monoisotopic (exact) mass is 401 g/mol. The second-order valence-electron chi connectivity index (χ2n) is 6.70. The van der Waals surface area contributed by atoms with E-state index >= 15 is 0 Å². The molecule has 2 bridgehead atoms. The van der Waals surface area contributed by atoms with Crippen molar-refractivity contribution in [3.63, 3.8) is 0 Å². The van der Waals surface area contributed by atoms with Crippen LogP contribution in [-0.2, 0) is 47.7 Å². The third kappa shape index (κ3) is 3.93. The molecule has 0 aromatic heterocycles. The minimum absolute atomic E-state index is 0.557. The molecular weight excluding hydrogens is 378 g/mol. The van der Waals surface area contributed by atoms with Crippen molar-refractivity contribution in [2.24, 2.45) is 0 Å². The molecule has 28 heavy (non-hydrogen) atoms. The number of likely N-dealkylation sites (tertiary alicyclic amines) is 1. The molecule has 2 heterocycles. The smallest absolute Gasteiger partial charge is 0.304 e. The standard InChI is InChI=1S/C17H23NO10/c1-7(19)18-16(27-11(5)23)14-12(24-8(2)20)13(25-9(3)21)15(26-10(4)22)17(18,6)28-14/h12-16H,1-6H3/t12-,13-,14+,15-,16+,17-/m0/s1. The van der Waals surface area contributed by atoms with Crippen LogP contribution in [0, 0.1) is 0 Å². The van der Waals surface area contributed by atoms with E-state index in [9.17, 15) is 24.0 Å². The summed E-state index contributed by atoms with van der Waals surface area (Å²) in [5.74, 6) is -3.49. The molecule has 1 amide bonds. The van der Waals surface area contributed by atoms with Gasteiger partial charge >= 0.3 is 23.9 Å². The fraction of sp³-hybridized carbons (Fsp3) is 0.706. The van der Waals surface area contributed by atoms with Gasteiger partial charge in [0.2, 0.25) is 12.1 Å². The van der Waals surface area contributed by atoms with Crippen molar-refractivity contribution in [3.8, 4) is 0 Å². The molecule has 0 aromatic rings.